The van der Waals surface area contributed by atoms with Gasteiger partial charge in [-0.25, -0.2) is 8.78 Å². The standard InChI is InChI=1S/C13H19F2N3/c1-2-3-7-17-13(16)18-8-6-10-9-11(14)4-5-12(10)15/h4-5,9H,2-3,6-8H2,1H3,(H3,16,17,18). The van der Waals surface area contributed by atoms with Crippen molar-refractivity contribution in [2.75, 3.05) is 13.1 Å². The first-order valence-electron chi connectivity index (χ1n) is 6.11. The van der Waals surface area contributed by atoms with E-state index < -0.39 is 11.6 Å². The van der Waals surface area contributed by atoms with Crippen LogP contribution in [0.5, 0.6) is 0 Å². The second-order valence-electron chi connectivity index (χ2n) is 4.03. The molecule has 0 aliphatic carbocycles. The summed E-state index contributed by atoms with van der Waals surface area (Å²) >= 11 is 0. The Morgan fingerprint density at radius 2 is 2.17 bits per heavy atom. The number of hydrogen-bond donors (Lipinski definition) is 2. The molecule has 0 amide bonds. The maximum Gasteiger partial charge on any atom is 0.188 e. The van der Waals surface area contributed by atoms with Gasteiger partial charge in [0.2, 0.25) is 0 Å². The molecule has 0 aliphatic rings. The molecule has 0 bridgehead atoms. The highest BCUT2D eigenvalue weighted by molar-refractivity contribution is 5.77. The molecule has 1 aromatic rings. The van der Waals surface area contributed by atoms with E-state index in [1.54, 1.807) is 0 Å². The maximum absolute atomic E-state index is 13.3. The van der Waals surface area contributed by atoms with Crippen LogP contribution in [0.15, 0.2) is 23.2 Å². The average molecular weight is 255 g/mol. The molecule has 0 heterocycles. The zero-order valence-corrected chi connectivity index (χ0v) is 10.5. The van der Waals surface area contributed by atoms with Crippen molar-refractivity contribution in [2.24, 2.45) is 10.7 Å². The molecule has 5 heteroatoms. The van der Waals surface area contributed by atoms with Crippen LogP contribution in [-0.2, 0) is 6.42 Å². The van der Waals surface area contributed by atoms with Crippen molar-refractivity contribution in [2.45, 2.75) is 26.2 Å². The minimum Gasteiger partial charge on any atom is -0.370 e. The van der Waals surface area contributed by atoms with Crippen molar-refractivity contribution in [1.82, 2.24) is 5.32 Å². The van der Waals surface area contributed by atoms with Crippen LogP contribution in [-0.4, -0.2) is 19.0 Å². The lowest BCUT2D eigenvalue weighted by Gasteiger charge is -2.06. The lowest BCUT2D eigenvalue weighted by Crippen LogP contribution is -2.33. The highest BCUT2D eigenvalue weighted by Gasteiger charge is 2.03. The second kappa shape index (κ2) is 7.63. The summed E-state index contributed by atoms with van der Waals surface area (Å²) in [6.07, 6.45) is 2.42. The number of guanidine groups is 1. The fraction of sp³-hybridized carbons (Fsp3) is 0.462. The van der Waals surface area contributed by atoms with Crippen LogP contribution in [0.3, 0.4) is 0 Å². The largest absolute Gasteiger partial charge is 0.370 e. The highest BCUT2D eigenvalue weighted by Crippen LogP contribution is 2.09. The van der Waals surface area contributed by atoms with E-state index in [1.807, 2.05) is 0 Å². The number of aliphatic imine (C=N–C) groups is 1. The molecule has 0 unspecified atom stereocenters. The molecular formula is C13H19F2N3. The van der Waals surface area contributed by atoms with Gasteiger partial charge in [-0.15, -0.1) is 0 Å². The molecular weight excluding hydrogens is 236 g/mol. The normalized spacial score (nSPS) is 11.6. The second-order valence-corrected chi connectivity index (χ2v) is 4.03. The lowest BCUT2D eigenvalue weighted by molar-refractivity contribution is 0.583. The summed E-state index contributed by atoms with van der Waals surface area (Å²) in [5.41, 5.74) is 5.95. The van der Waals surface area contributed by atoms with Crippen molar-refractivity contribution in [1.29, 1.82) is 0 Å². The number of halogens is 2. The van der Waals surface area contributed by atoms with Crippen molar-refractivity contribution in [3.63, 3.8) is 0 Å². The van der Waals surface area contributed by atoms with Crippen molar-refractivity contribution in [3.8, 4) is 0 Å². The third-order valence-corrected chi connectivity index (χ3v) is 2.50. The Balaban J connectivity index is 2.37. The van der Waals surface area contributed by atoms with Gasteiger partial charge in [-0.1, -0.05) is 13.3 Å². The smallest absolute Gasteiger partial charge is 0.188 e. The number of nitrogens with two attached hydrogens (primary N) is 1. The third kappa shape index (κ3) is 5.12. The summed E-state index contributed by atoms with van der Waals surface area (Å²) in [4.78, 5) is 4.10. The molecule has 0 aromatic heterocycles. The fourth-order valence-electron chi connectivity index (χ4n) is 1.47. The first-order chi connectivity index (χ1) is 8.63. The molecule has 1 rings (SSSR count). The Morgan fingerprint density at radius 3 is 2.89 bits per heavy atom. The van der Waals surface area contributed by atoms with Gasteiger partial charge in [0.15, 0.2) is 5.96 Å². The number of benzene rings is 1. The first-order valence-corrected chi connectivity index (χ1v) is 6.11. The third-order valence-electron chi connectivity index (χ3n) is 2.50. The maximum atomic E-state index is 13.3. The van der Waals surface area contributed by atoms with E-state index in [0.29, 0.717) is 31.0 Å². The van der Waals surface area contributed by atoms with Crippen LogP contribution in [0.25, 0.3) is 0 Å². The molecule has 100 valence electrons. The molecule has 3 nitrogen and oxygen atoms in total. The van der Waals surface area contributed by atoms with E-state index in [2.05, 4.69) is 17.2 Å². The predicted octanol–water partition coefficient (Wildman–Crippen LogP) is 2.21. The molecule has 0 atom stereocenters. The van der Waals surface area contributed by atoms with Crippen molar-refractivity contribution in [3.05, 3.63) is 35.4 Å². The van der Waals surface area contributed by atoms with Crippen LogP contribution in [0, 0.1) is 11.6 Å². The number of rotatable bonds is 6. The van der Waals surface area contributed by atoms with E-state index in [0.717, 1.165) is 25.0 Å². The Labute approximate surface area is 106 Å². The Kier molecular flexibility index (Phi) is 6.11. The zero-order valence-electron chi connectivity index (χ0n) is 10.5. The van der Waals surface area contributed by atoms with Gasteiger partial charge < -0.3 is 11.1 Å². The number of nitrogens with one attached hydrogen (secondary N) is 1. The predicted molar refractivity (Wildman–Crippen MR) is 69.5 cm³/mol. The number of nitrogens with zero attached hydrogens (tertiary/aromatic N) is 1. The van der Waals surface area contributed by atoms with E-state index in [9.17, 15) is 8.78 Å². The Morgan fingerprint density at radius 1 is 1.39 bits per heavy atom. The van der Waals surface area contributed by atoms with Gasteiger partial charge in [-0.3, -0.25) is 4.99 Å². The zero-order chi connectivity index (χ0) is 13.4. The van der Waals surface area contributed by atoms with Crippen LogP contribution < -0.4 is 11.1 Å². The van der Waals surface area contributed by atoms with Crippen LogP contribution in [0.1, 0.15) is 25.3 Å². The summed E-state index contributed by atoms with van der Waals surface area (Å²) in [6, 6.07) is 3.43. The van der Waals surface area contributed by atoms with Gasteiger partial charge in [-0.2, -0.15) is 0 Å². The van der Waals surface area contributed by atoms with Gasteiger partial charge in [0, 0.05) is 13.1 Å². The van der Waals surface area contributed by atoms with Gasteiger partial charge in [0.25, 0.3) is 0 Å². The van der Waals surface area contributed by atoms with Gasteiger partial charge in [0.05, 0.1) is 0 Å². The first kappa shape index (κ1) is 14.4. The fourth-order valence-corrected chi connectivity index (χ4v) is 1.47. The van der Waals surface area contributed by atoms with E-state index >= 15 is 0 Å². The number of unbranched alkanes of at least 4 members (excludes halogenated alkanes) is 1. The molecule has 0 radical (unpaired) electrons. The minimum atomic E-state index is -0.434. The van der Waals surface area contributed by atoms with Crippen LogP contribution in [0.4, 0.5) is 8.78 Å². The average Bonchev–Trinajstić information content (AvgIpc) is 2.34. The summed E-state index contributed by atoms with van der Waals surface area (Å²) in [5.74, 6) is -0.490. The number of hydrogen-bond acceptors (Lipinski definition) is 1. The van der Waals surface area contributed by atoms with E-state index in [-0.39, 0.29) is 0 Å². The highest BCUT2D eigenvalue weighted by atomic mass is 19.1. The van der Waals surface area contributed by atoms with Gasteiger partial charge in [-0.05, 0) is 36.6 Å². The molecule has 1 aromatic carbocycles. The minimum absolute atomic E-state index is 0.337. The van der Waals surface area contributed by atoms with E-state index in [4.69, 9.17) is 5.73 Å². The molecule has 0 fully saturated rings. The Hall–Kier alpha value is -1.65. The lowest BCUT2D eigenvalue weighted by atomic mass is 10.1. The monoisotopic (exact) mass is 255 g/mol. The topological polar surface area (TPSA) is 50.4 Å². The summed E-state index contributed by atoms with van der Waals surface area (Å²) in [6.45, 7) is 3.19. The molecule has 0 saturated carbocycles. The summed E-state index contributed by atoms with van der Waals surface area (Å²) in [7, 11) is 0. The molecule has 18 heavy (non-hydrogen) atoms. The van der Waals surface area contributed by atoms with E-state index in [1.165, 1.54) is 6.07 Å². The molecule has 3 N–H and O–H groups in total. The van der Waals surface area contributed by atoms with Crippen molar-refractivity contribution < 1.29 is 8.78 Å². The Bertz CT molecular complexity index is 405. The van der Waals surface area contributed by atoms with Crippen molar-refractivity contribution >= 4 is 5.96 Å². The molecule has 0 spiro atoms. The van der Waals surface area contributed by atoms with Crippen LogP contribution >= 0.6 is 0 Å². The van der Waals surface area contributed by atoms with Gasteiger partial charge >= 0.3 is 0 Å². The molecule has 0 aliphatic heterocycles. The van der Waals surface area contributed by atoms with Crippen LogP contribution in [0.2, 0.25) is 0 Å². The van der Waals surface area contributed by atoms with Gasteiger partial charge in [0.1, 0.15) is 11.6 Å². The quantitative estimate of drug-likeness (QED) is 0.465. The summed E-state index contributed by atoms with van der Waals surface area (Å²) in [5, 5.41) is 2.88. The molecule has 0 saturated heterocycles. The SMILES string of the molecule is CCCCN=C(N)NCCc1cc(F)ccc1F. The summed E-state index contributed by atoms with van der Waals surface area (Å²) < 4.78 is 26.2.